The summed E-state index contributed by atoms with van der Waals surface area (Å²) in [7, 11) is -15.8. The van der Waals surface area contributed by atoms with E-state index >= 15 is 0 Å². The number of hydrogen-bond donors (Lipinski definition) is 0. The average molecular weight is 755 g/mol. The van der Waals surface area contributed by atoms with Crippen LogP contribution in [0.5, 0.6) is 0 Å². The smallest absolute Gasteiger partial charge is 0.726 e. The fourth-order valence-corrected chi connectivity index (χ4v) is 11.7. The Balaban J connectivity index is 0.00000368. The van der Waals surface area contributed by atoms with Crippen molar-refractivity contribution in [2.24, 2.45) is 57.7 Å². The van der Waals surface area contributed by atoms with Gasteiger partial charge in [0.1, 0.15) is 12.2 Å². The molecule has 0 unspecified atom stereocenters. The van der Waals surface area contributed by atoms with Gasteiger partial charge in [-0.15, -0.1) is 0 Å². The van der Waals surface area contributed by atoms with Gasteiger partial charge in [0.05, 0.1) is 6.10 Å². The minimum absolute atomic E-state index is 0. The van der Waals surface area contributed by atoms with Gasteiger partial charge < -0.3 is 13.7 Å². The molecule has 4 saturated carbocycles. The van der Waals surface area contributed by atoms with E-state index in [9.17, 15) is 38.9 Å². The molecule has 0 N–H and O–H groups in total. The van der Waals surface area contributed by atoms with Crippen LogP contribution in [0.15, 0.2) is 0 Å². The topological polar surface area (TPSA) is 199 Å². The van der Waals surface area contributed by atoms with Crippen molar-refractivity contribution in [2.75, 3.05) is 0 Å². The van der Waals surface area contributed by atoms with Gasteiger partial charge in [-0.1, -0.05) is 54.9 Å². The quantitative estimate of drug-likeness (QED) is 0.118. The number of fused-ring (bicyclic) bond motifs is 5. The maximum absolute atomic E-state index is 11.9. The van der Waals surface area contributed by atoms with Gasteiger partial charge in [-0.2, -0.15) is 0 Å². The van der Waals surface area contributed by atoms with Gasteiger partial charge in [-0.05, 0) is 109 Å². The van der Waals surface area contributed by atoms with E-state index in [0.717, 1.165) is 38.5 Å². The maximum atomic E-state index is 11.9. The number of rotatable bonds is 10. The van der Waals surface area contributed by atoms with E-state index in [1.54, 1.807) is 0 Å². The van der Waals surface area contributed by atoms with Gasteiger partial charge in [0.15, 0.2) is 0 Å². The molecule has 0 saturated heterocycles. The molecule has 258 valence electrons. The van der Waals surface area contributed by atoms with Crippen LogP contribution < -0.4 is 88.7 Å². The Hall–Kier alpha value is 2.61. The Morgan fingerprint density at radius 2 is 1.17 bits per heavy atom. The predicted octanol–water partition coefficient (Wildman–Crippen LogP) is -4.49. The molecule has 0 heterocycles. The van der Waals surface area contributed by atoms with E-state index in [4.69, 9.17) is 8.37 Å². The van der Waals surface area contributed by atoms with Gasteiger partial charge >= 0.3 is 88.7 Å². The van der Waals surface area contributed by atoms with Crippen LogP contribution in [0.4, 0.5) is 0 Å². The molecule has 0 aromatic heterocycles. The van der Waals surface area contributed by atoms with Crippen molar-refractivity contribution in [3.05, 3.63) is 0 Å². The zero-order chi connectivity index (χ0) is 33.3. The SMILES string of the molecule is C[C@H](CC[C@@H](C)C(C)(C)C)[C@H]1CC[C@H]2[C@@H]3C[C@H](OS(=O)(=O)[O-])[C@H]4C[C@@H](OS(=O)(=O)[O-])[C@H](OS(=O)(=O)[O-])C[C@]4(C)[C@H]3CC[C@]12C.[Na+].[Na+].[Na+]. The molecule has 0 radical (unpaired) electrons. The van der Waals surface area contributed by atoms with Crippen molar-refractivity contribution in [1.29, 1.82) is 0 Å². The second-order valence-corrected chi connectivity index (χ2v) is 18.9. The summed E-state index contributed by atoms with van der Waals surface area (Å²) in [5.41, 5.74) is -0.700. The van der Waals surface area contributed by atoms with E-state index < -0.39 is 60.8 Å². The molecule has 0 aliphatic heterocycles. The van der Waals surface area contributed by atoms with Crippen molar-refractivity contribution in [3.8, 4) is 0 Å². The molecule has 0 spiro atoms. The van der Waals surface area contributed by atoms with E-state index in [1.165, 1.54) is 0 Å². The van der Waals surface area contributed by atoms with E-state index in [0.29, 0.717) is 17.8 Å². The molecule has 0 amide bonds. The second kappa shape index (κ2) is 17.0. The van der Waals surface area contributed by atoms with Crippen molar-refractivity contribution in [3.63, 3.8) is 0 Å². The molecule has 47 heavy (non-hydrogen) atoms. The fourth-order valence-electron chi connectivity index (χ4n) is 10.1. The summed E-state index contributed by atoms with van der Waals surface area (Å²) in [5.74, 6) is 0.809. The summed E-state index contributed by atoms with van der Waals surface area (Å²) in [6, 6.07) is 0. The summed E-state index contributed by atoms with van der Waals surface area (Å²) < 4.78 is 120. The predicted molar refractivity (Wildman–Crippen MR) is 157 cm³/mol. The van der Waals surface area contributed by atoms with Crippen LogP contribution in [0.2, 0.25) is 0 Å². The Morgan fingerprint density at radius 1 is 0.681 bits per heavy atom. The van der Waals surface area contributed by atoms with E-state index in [1.807, 2.05) is 6.92 Å². The maximum Gasteiger partial charge on any atom is 1.00 e. The molecule has 12 nitrogen and oxygen atoms in total. The first-order valence-electron chi connectivity index (χ1n) is 15.8. The molecule has 18 heteroatoms. The standard InChI is InChI=1S/C29H52O12S3.3Na/c1-17(8-9-18(2)27(3,4)5)20-10-11-21-19-14-24(39-42(30,31)32)23-15-25(40-43(33,34)35)26(41-44(36,37)38)16-29(23,7)22(19)12-13-28(20,21)6;;;/h17-26H,8-16H2,1-7H3,(H,30,31,32)(H,33,34,35)(H,36,37,38);;;/q;3*+1/p-3/t17-,18-,19+,20-,21+,22+,23-,24+,25-,26-,28-,29-;;;/m1.../s1. The third-order valence-corrected chi connectivity index (χ3v) is 14.1. The Labute approximate surface area is 349 Å². The molecule has 0 bridgehead atoms. The Bertz CT molecular complexity index is 1390. The third-order valence-electron chi connectivity index (χ3n) is 12.6. The van der Waals surface area contributed by atoms with Crippen molar-refractivity contribution in [1.82, 2.24) is 0 Å². The van der Waals surface area contributed by atoms with E-state index in [2.05, 4.69) is 45.7 Å². The molecule has 12 atom stereocenters. The fraction of sp³-hybridized carbons (Fsp3) is 1.00. The summed E-state index contributed by atoms with van der Waals surface area (Å²) in [4.78, 5) is 0. The van der Waals surface area contributed by atoms with E-state index in [-0.39, 0.29) is 137 Å². The Morgan fingerprint density at radius 3 is 1.68 bits per heavy atom. The molecule has 0 aromatic rings. The summed E-state index contributed by atoms with van der Waals surface area (Å²) in [5, 5.41) is 0. The minimum Gasteiger partial charge on any atom is -0.726 e. The summed E-state index contributed by atoms with van der Waals surface area (Å²) in [6.45, 7) is 15.6. The van der Waals surface area contributed by atoms with Gasteiger partial charge in [0, 0.05) is 0 Å². The normalized spacial score (nSPS) is 38.7. The first-order valence-corrected chi connectivity index (χ1v) is 19.8. The van der Waals surface area contributed by atoms with Crippen LogP contribution in [0.3, 0.4) is 0 Å². The molecule has 4 rings (SSSR count). The van der Waals surface area contributed by atoms with Crippen molar-refractivity contribution >= 4 is 31.2 Å². The van der Waals surface area contributed by atoms with Crippen LogP contribution in [0.1, 0.15) is 106 Å². The van der Waals surface area contributed by atoms with Crippen molar-refractivity contribution in [2.45, 2.75) is 125 Å². The molecule has 4 aliphatic carbocycles. The largest absolute Gasteiger partial charge is 1.00 e. The summed E-state index contributed by atoms with van der Waals surface area (Å²) >= 11 is 0. The molecule has 0 aromatic carbocycles. The third kappa shape index (κ3) is 11.3. The Kier molecular flexibility index (Phi) is 17.2. The van der Waals surface area contributed by atoms with Crippen molar-refractivity contribution < 1.29 is 140 Å². The zero-order valence-corrected chi connectivity index (χ0v) is 38.2. The monoisotopic (exact) mass is 754 g/mol. The van der Waals surface area contributed by atoms with Gasteiger partial charge in [0.2, 0.25) is 31.2 Å². The molecule has 4 fully saturated rings. The zero-order valence-electron chi connectivity index (χ0n) is 29.8. The van der Waals surface area contributed by atoms with Gasteiger partial charge in [-0.3, -0.25) is 12.5 Å². The average Bonchev–Trinajstić information content (AvgIpc) is 3.17. The summed E-state index contributed by atoms with van der Waals surface area (Å²) in [6.07, 6.45) is 1.15. The number of hydrogen-bond acceptors (Lipinski definition) is 12. The van der Waals surface area contributed by atoms with Crippen LogP contribution >= 0.6 is 0 Å². The minimum atomic E-state index is -5.35. The van der Waals surface area contributed by atoms with Crippen LogP contribution in [0.25, 0.3) is 0 Å². The van der Waals surface area contributed by atoms with Crippen LogP contribution in [-0.4, -0.2) is 57.2 Å². The van der Waals surface area contributed by atoms with Crippen LogP contribution in [-0.2, 0) is 43.7 Å². The van der Waals surface area contributed by atoms with Crippen LogP contribution in [0, 0.1) is 57.7 Å². The molecule has 4 aliphatic rings. The molecular weight excluding hydrogens is 705 g/mol. The van der Waals surface area contributed by atoms with Gasteiger partial charge in [-0.25, -0.2) is 25.3 Å². The molecular formula is C29H49Na3O12S3. The van der Waals surface area contributed by atoms with Gasteiger partial charge in [0.25, 0.3) is 0 Å². The first-order chi connectivity index (χ1) is 19.8. The first kappa shape index (κ1) is 47.6. The second-order valence-electron chi connectivity index (χ2n) is 15.8.